The summed E-state index contributed by atoms with van der Waals surface area (Å²) in [6, 6.07) is 25.3. The molecule has 5 heteroatoms. The van der Waals surface area contributed by atoms with Gasteiger partial charge in [-0.3, -0.25) is 4.79 Å². The van der Waals surface area contributed by atoms with Gasteiger partial charge < -0.3 is 9.47 Å². The fourth-order valence-electron chi connectivity index (χ4n) is 4.19. The molecule has 0 fully saturated rings. The largest absolute Gasteiger partial charge is 0.497 e. The standard InChI is InChI=1S/C28H22N2O3/c1-32-22-14-13-20(24(17-22)33-2)15-21-16-23-26(28(21)31)25(18-9-5-3-6-10-18)27(30-29-23)19-11-7-4-8-12-19/h3-15,17H,16H2,1-2H3/b21-15-. The van der Waals surface area contributed by atoms with Gasteiger partial charge in [0.15, 0.2) is 5.78 Å². The van der Waals surface area contributed by atoms with E-state index in [1.165, 1.54) is 0 Å². The summed E-state index contributed by atoms with van der Waals surface area (Å²) in [7, 11) is 3.21. The van der Waals surface area contributed by atoms with Gasteiger partial charge in [0.25, 0.3) is 0 Å². The second-order valence-electron chi connectivity index (χ2n) is 7.76. The highest BCUT2D eigenvalue weighted by molar-refractivity contribution is 6.19. The lowest BCUT2D eigenvalue weighted by Crippen LogP contribution is -2.04. The van der Waals surface area contributed by atoms with E-state index < -0.39 is 0 Å². The lowest BCUT2D eigenvalue weighted by Gasteiger charge is -2.12. The molecular formula is C28H22N2O3. The zero-order valence-corrected chi connectivity index (χ0v) is 18.4. The van der Waals surface area contributed by atoms with Crippen molar-refractivity contribution >= 4 is 11.9 Å². The number of allylic oxidation sites excluding steroid dienone is 1. The van der Waals surface area contributed by atoms with E-state index in [4.69, 9.17) is 9.47 Å². The van der Waals surface area contributed by atoms with Gasteiger partial charge >= 0.3 is 0 Å². The average molecular weight is 434 g/mol. The van der Waals surface area contributed by atoms with Crippen LogP contribution >= 0.6 is 0 Å². The van der Waals surface area contributed by atoms with E-state index in [0.29, 0.717) is 40.4 Å². The van der Waals surface area contributed by atoms with E-state index in [1.807, 2.05) is 84.9 Å². The summed E-state index contributed by atoms with van der Waals surface area (Å²) >= 11 is 0. The third-order valence-corrected chi connectivity index (χ3v) is 5.80. The quantitative estimate of drug-likeness (QED) is 0.380. The molecule has 0 N–H and O–H groups in total. The van der Waals surface area contributed by atoms with Crippen LogP contribution in [0.15, 0.2) is 84.4 Å². The summed E-state index contributed by atoms with van der Waals surface area (Å²) in [5, 5.41) is 9.03. The first-order chi connectivity index (χ1) is 16.2. The van der Waals surface area contributed by atoms with E-state index in [0.717, 1.165) is 22.3 Å². The number of ketones is 1. The lowest BCUT2D eigenvalue weighted by molar-refractivity contribution is 0.104. The first-order valence-electron chi connectivity index (χ1n) is 10.7. The molecule has 1 aromatic heterocycles. The van der Waals surface area contributed by atoms with Gasteiger partial charge in [-0.2, -0.15) is 5.10 Å². The Labute approximate surface area is 192 Å². The third-order valence-electron chi connectivity index (χ3n) is 5.80. The van der Waals surface area contributed by atoms with Gasteiger partial charge in [0.2, 0.25) is 0 Å². The fraction of sp³-hybridized carbons (Fsp3) is 0.107. The average Bonchev–Trinajstić information content (AvgIpc) is 3.19. The molecule has 3 aromatic carbocycles. The highest BCUT2D eigenvalue weighted by Crippen LogP contribution is 2.40. The zero-order chi connectivity index (χ0) is 22.8. The molecular weight excluding hydrogens is 412 g/mol. The van der Waals surface area contributed by atoms with Crippen molar-refractivity contribution in [1.29, 1.82) is 0 Å². The minimum atomic E-state index is -0.0335. The molecule has 0 bridgehead atoms. The first-order valence-corrected chi connectivity index (χ1v) is 10.7. The molecule has 0 saturated heterocycles. The van der Waals surface area contributed by atoms with Gasteiger partial charge in [0.05, 0.1) is 25.5 Å². The van der Waals surface area contributed by atoms with Crippen LogP contribution in [0.25, 0.3) is 28.5 Å². The second-order valence-corrected chi connectivity index (χ2v) is 7.76. The number of nitrogens with zero attached hydrogens (tertiary/aromatic N) is 2. The van der Waals surface area contributed by atoms with Gasteiger partial charge in [-0.05, 0) is 23.8 Å². The number of Topliss-reactive ketones (excluding diaryl/α,β-unsaturated/α-hetero) is 1. The number of carbonyl (C=O) groups excluding carboxylic acids is 1. The molecule has 5 rings (SSSR count). The van der Waals surface area contributed by atoms with Crippen molar-refractivity contribution in [3.05, 3.63) is 101 Å². The van der Waals surface area contributed by atoms with Crippen molar-refractivity contribution in [1.82, 2.24) is 10.2 Å². The monoisotopic (exact) mass is 434 g/mol. The Bertz CT molecular complexity index is 1360. The molecule has 0 aliphatic heterocycles. The van der Waals surface area contributed by atoms with Crippen LogP contribution in [0.5, 0.6) is 11.5 Å². The number of methoxy groups -OCH3 is 2. The predicted octanol–water partition coefficient (Wildman–Crippen LogP) is 5.65. The Hall–Kier alpha value is -4.25. The summed E-state index contributed by atoms with van der Waals surface area (Å²) in [4.78, 5) is 13.7. The Morgan fingerprint density at radius 1 is 0.788 bits per heavy atom. The number of hydrogen-bond acceptors (Lipinski definition) is 5. The molecule has 0 radical (unpaired) electrons. The molecule has 162 valence electrons. The predicted molar refractivity (Wildman–Crippen MR) is 128 cm³/mol. The Balaban J connectivity index is 1.66. The fourth-order valence-corrected chi connectivity index (χ4v) is 4.19. The Morgan fingerprint density at radius 3 is 2.15 bits per heavy atom. The Morgan fingerprint density at radius 2 is 1.48 bits per heavy atom. The molecule has 1 heterocycles. The van der Waals surface area contributed by atoms with Crippen molar-refractivity contribution in [3.63, 3.8) is 0 Å². The number of rotatable bonds is 5. The van der Waals surface area contributed by atoms with E-state index in [-0.39, 0.29) is 5.78 Å². The van der Waals surface area contributed by atoms with Crippen LogP contribution < -0.4 is 9.47 Å². The second kappa shape index (κ2) is 8.71. The van der Waals surface area contributed by atoms with Crippen molar-refractivity contribution in [2.45, 2.75) is 6.42 Å². The van der Waals surface area contributed by atoms with Crippen molar-refractivity contribution in [2.75, 3.05) is 14.2 Å². The summed E-state index contributed by atoms with van der Waals surface area (Å²) in [6.45, 7) is 0. The number of hydrogen-bond donors (Lipinski definition) is 0. The lowest BCUT2D eigenvalue weighted by atomic mass is 9.93. The van der Waals surface area contributed by atoms with Gasteiger partial charge in [-0.25, -0.2) is 0 Å². The zero-order valence-electron chi connectivity index (χ0n) is 18.4. The van der Waals surface area contributed by atoms with Crippen LogP contribution in [-0.4, -0.2) is 30.2 Å². The van der Waals surface area contributed by atoms with Crippen molar-refractivity contribution < 1.29 is 14.3 Å². The van der Waals surface area contributed by atoms with E-state index >= 15 is 0 Å². The van der Waals surface area contributed by atoms with Crippen LogP contribution in [0.3, 0.4) is 0 Å². The molecule has 0 atom stereocenters. The third kappa shape index (κ3) is 3.78. The van der Waals surface area contributed by atoms with E-state index in [2.05, 4.69) is 10.2 Å². The molecule has 1 aliphatic carbocycles. The molecule has 5 nitrogen and oxygen atoms in total. The molecule has 33 heavy (non-hydrogen) atoms. The normalized spacial score (nSPS) is 13.8. The van der Waals surface area contributed by atoms with Crippen LogP contribution in [-0.2, 0) is 6.42 Å². The molecule has 0 saturated carbocycles. The number of carbonyl (C=O) groups is 1. The SMILES string of the molecule is COc1ccc(/C=C2/Cc3nnc(-c4ccccc4)c(-c4ccccc4)c3C2=O)c(OC)c1. The van der Waals surface area contributed by atoms with E-state index in [1.54, 1.807) is 14.2 Å². The van der Waals surface area contributed by atoms with Crippen LogP contribution in [0, 0.1) is 0 Å². The topological polar surface area (TPSA) is 61.3 Å². The molecule has 0 amide bonds. The summed E-state index contributed by atoms with van der Waals surface area (Å²) < 4.78 is 10.8. The van der Waals surface area contributed by atoms with Gasteiger partial charge in [-0.1, -0.05) is 60.7 Å². The van der Waals surface area contributed by atoms with Crippen LogP contribution in [0.2, 0.25) is 0 Å². The van der Waals surface area contributed by atoms with Crippen molar-refractivity contribution in [2.24, 2.45) is 0 Å². The highest BCUT2D eigenvalue weighted by atomic mass is 16.5. The molecule has 0 unspecified atom stereocenters. The summed E-state index contributed by atoms with van der Waals surface area (Å²) in [5.41, 5.74) is 6.18. The Kier molecular flexibility index (Phi) is 5.45. The minimum absolute atomic E-state index is 0.0335. The number of aromatic nitrogens is 2. The number of ether oxygens (including phenoxy) is 2. The highest BCUT2D eigenvalue weighted by Gasteiger charge is 2.32. The minimum Gasteiger partial charge on any atom is -0.497 e. The number of fused-ring (bicyclic) bond motifs is 1. The van der Waals surface area contributed by atoms with Crippen LogP contribution in [0.4, 0.5) is 0 Å². The first kappa shape index (κ1) is 20.6. The van der Waals surface area contributed by atoms with Gasteiger partial charge in [-0.15, -0.1) is 5.10 Å². The summed E-state index contributed by atoms with van der Waals surface area (Å²) in [5.74, 6) is 1.30. The maximum atomic E-state index is 13.7. The number of benzene rings is 3. The molecule has 4 aromatic rings. The smallest absolute Gasteiger partial charge is 0.192 e. The van der Waals surface area contributed by atoms with Gasteiger partial charge in [0.1, 0.15) is 17.2 Å². The van der Waals surface area contributed by atoms with Gasteiger partial charge in [0, 0.05) is 34.8 Å². The maximum absolute atomic E-state index is 13.7. The van der Waals surface area contributed by atoms with Crippen LogP contribution in [0.1, 0.15) is 21.6 Å². The molecule has 1 aliphatic rings. The van der Waals surface area contributed by atoms with Crippen molar-refractivity contribution in [3.8, 4) is 33.9 Å². The molecule has 0 spiro atoms. The van der Waals surface area contributed by atoms with E-state index in [9.17, 15) is 4.79 Å². The summed E-state index contributed by atoms with van der Waals surface area (Å²) in [6.07, 6.45) is 2.30. The maximum Gasteiger partial charge on any atom is 0.192 e.